The zero-order chi connectivity index (χ0) is 14.7. The van der Waals surface area contributed by atoms with Gasteiger partial charge in [-0.15, -0.1) is 11.3 Å². The van der Waals surface area contributed by atoms with Crippen LogP contribution in [0.5, 0.6) is 0 Å². The first-order valence-corrected chi connectivity index (χ1v) is 8.99. The first-order valence-electron chi connectivity index (χ1n) is 7.17. The van der Waals surface area contributed by atoms with Crippen LogP contribution in [0, 0.1) is 0 Å². The summed E-state index contributed by atoms with van der Waals surface area (Å²) in [6.45, 7) is 6.22. The summed E-state index contributed by atoms with van der Waals surface area (Å²) in [7, 11) is 0. The number of hydrogen-bond acceptors (Lipinski definition) is 5. The second kappa shape index (κ2) is 6.68. The fraction of sp³-hybridized carbons (Fsp3) is 0.467. The van der Waals surface area contributed by atoms with Gasteiger partial charge in [0.2, 0.25) is 5.91 Å². The number of nitrogens with zero attached hydrogens (tertiary/aromatic N) is 3. The molecule has 0 bridgehead atoms. The van der Waals surface area contributed by atoms with E-state index < -0.39 is 0 Å². The number of rotatable bonds is 3. The molecular weight excluding hydrogens is 302 g/mol. The van der Waals surface area contributed by atoms with Crippen LogP contribution in [0.4, 0.5) is 0 Å². The Morgan fingerprint density at radius 1 is 1.29 bits per heavy atom. The van der Waals surface area contributed by atoms with Crippen molar-refractivity contribution in [2.24, 2.45) is 0 Å². The third-order valence-corrected chi connectivity index (χ3v) is 5.36. The van der Waals surface area contributed by atoms with Gasteiger partial charge in [0.15, 0.2) is 0 Å². The molecule has 2 aromatic rings. The van der Waals surface area contributed by atoms with E-state index in [1.807, 2.05) is 4.90 Å². The Hall–Kier alpha value is -1.24. The first kappa shape index (κ1) is 14.7. The molecule has 1 aliphatic heterocycles. The van der Waals surface area contributed by atoms with Crippen LogP contribution in [0.15, 0.2) is 22.2 Å². The third-order valence-electron chi connectivity index (χ3n) is 3.74. The van der Waals surface area contributed by atoms with Crippen LogP contribution in [0.3, 0.4) is 0 Å². The van der Waals surface area contributed by atoms with Gasteiger partial charge in [-0.05, 0) is 17.9 Å². The number of carbonyl (C=O) groups is 1. The zero-order valence-corrected chi connectivity index (χ0v) is 13.8. The molecule has 4 nitrogen and oxygen atoms in total. The van der Waals surface area contributed by atoms with Crippen LogP contribution in [0.25, 0.3) is 10.6 Å². The highest BCUT2D eigenvalue weighted by molar-refractivity contribution is 7.14. The smallest absolute Gasteiger partial charge is 0.219 e. The molecule has 2 aromatic heterocycles. The SMILES string of the molecule is CC(=O)N1CCCN(Cc2csc(-c3ccsc3)n2)CC1. The van der Waals surface area contributed by atoms with Crippen LogP contribution >= 0.6 is 22.7 Å². The lowest BCUT2D eigenvalue weighted by molar-refractivity contribution is -0.128. The fourth-order valence-corrected chi connectivity index (χ4v) is 4.09. The number of carbonyl (C=O) groups excluding carboxylic acids is 1. The molecule has 0 atom stereocenters. The molecule has 0 spiro atoms. The van der Waals surface area contributed by atoms with Crippen LogP contribution < -0.4 is 0 Å². The van der Waals surface area contributed by atoms with E-state index in [4.69, 9.17) is 4.98 Å². The standard InChI is InChI=1S/C15H19N3OS2/c1-12(19)18-5-2-4-17(6-7-18)9-14-11-21-15(16-14)13-3-8-20-10-13/h3,8,10-11H,2,4-7,9H2,1H3. The average Bonchev–Trinajstić information content (AvgIpc) is 3.07. The largest absolute Gasteiger partial charge is 0.342 e. The van der Waals surface area contributed by atoms with Gasteiger partial charge in [0.05, 0.1) is 5.69 Å². The van der Waals surface area contributed by atoms with E-state index >= 15 is 0 Å². The molecule has 1 aliphatic rings. The van der Waals surface area contributed by atoms with Crippen molar-refractivity contribution in [2.75, 3.05) is 26.2 Å². The molecule has 0 unspecified atom stereocenters. The maximum absolute atomic E-state index is 11.4. The quantitative estimate of drug-likeness (QED) is 0.872. The Balaban J connectivity index is 1.60. The maximum Gasteiger partial charge on any atom is 0.219 e. The van der Waals surface area contributed by atoms with Crippen molar-refractivity contribution in [3.05, 3.63) is 27.9 Å². The molecule has 3 heterocycles. The average molecular weight is 321 g/mol. The summed E-state index contributed by atoms with van der Waals surface area (Å²) < 4.78 is 0. The fourth-order valence-electron chi connectivity index (χ4n) is 2.57. The minimum atomic E-state index is 0.185. The minimum Gasteiger partial charge on any atom is -0.342 e. The zero-order valence-electron chi connectivity index (χ0n) is 12.1. The van der Waals surface area contributed by atoms with E-state index in [-0.39, 0.29) is 5.91 Å². The summed E-state index contributed by atoms with van der Waals surface area (Å²) in [5.74, 6) is 0.185. The highest BCUT2D eigenvalue weighted by Crippen LogP contribution is 2.26. The summed E-state index contributed by atoms with van der Waals surface area (Å²) in [5.41, 5.74) is 2.35. The van der Waals surface area contributed by atoms with E-state index in [1.165, 1.54) is 5.56 Å². The molecule has 1 fully saturated rings. The number of amides is 1. The summed E-state index contributed by atoms with van der Waals surface area (Å²) >= 11 is 3.41. The second-order valence-electron chi connectivity index (χ2n) is 5.29. The number of hydrogen-bond donors (Lipinski definition) is 0. The van der Waals surface area contributed by atoms with Gasteiger partial charge in [-0.3, -0.25) is 9.69 Å². The highest BCUT2D eigenvalue weighted by Gasteiger charge is 2.17. The van der Waals surface area contributed by atoms with E-state index in [0.29, 0.717) is 0 Å². The second-order valence-corrected chi connectivity index (χ2v) is 6.93. The summed E-state index contributed by atoms with van der Waals surface area (Å²) in [6, 6.07) is 2.12. The Kier molecular flexibility index (Phi) is 4.67. The molecule has 0 aliphatic carbocycles. The highest BCUT2D eigenvalue weighted by atomic mass is 32.1. The molecule has 112 valence electrons. The van der Waals surface area contributed by atoms with Crippen LogP contribution in [0.1, 0.15) is 19.0 Å². The van der Waals surface area contributed by atoms with Crippen molar-refractivity contribution >= 4 is 28.6 Å². The van der Waals surface area contributed by atoms with Crippen LogP contribution in [-0.2, 0) is 11.3 Å². The van der Waals surface area contributed by atoms with Gasteiger partial charge < -0.3 is 4.90 Å². The predicted octanol–water partition coefficient (Wildman–Crippen LogP) is 2.93. The van der Waals surface area contributed by atoms with Crippen molar-refractivity contribution in [1.82, 2.24) is 14.8 Å². The monoisotopic (exact) mass is 321 g/mol. The maximum atomic E-state index is 11.4. The summed E-state index contributed by atoms with van der Waals surface area (Å²) in [4.78, 5) is 20.5. The van der Waals surface area contributed by atoms with Crippen molar-refractivity contribution in [3.8, 4) is 10.6 Å². The molecule has 1 amide bonds. The molecule has 21 heavy (non-hydrogen) atoms. The lowest BCUT2D eigenvalue weighted by Crippen LogP contribution is -2.33. The van der Waals surface area contributed by atoms with Gasteiger partial charge in [0, 0.05) is 56.0 Å². The molecule has 1 saturated heterocycles. The lowest BCUT2D eigenvalue weighted by Gasteiger charge is -2.20. The number of thiazole rings is 1. The molecular formula is C15H19N3OS2. The lowest BCUT2D eigenvalue weighted by atomic mass is 10.3. The molecule has 6 heteroatoms. The number of thiophene rings is 1. The summed E-state index contributed by atoms with van der Waals surface area (Å²) in [5, 5.41) is 7.48. The Morgan fingerprint density at radius 2 is 2.19 bits per heavy atom. The molecule has 0 radical (unpaired) electrons. The van der Waals surface area contributed by atoms with Gasteiger partial charge in [-0.1, -0.05) is 0 Å². The molecule has 3 rings (SSSR count). The Morgan fingerprint density at radius 3 is 2.95 bits per heavy atom. The Labute approximate surface area is 133 Å². The van der Waals surface area contributed by atoms with Gasteiger partial charge in [0.25, 0.3) is 0 Å². The van der Waals surface area contributed by atoms with E-state index in [0.717, 1.165) is 49.8 Å². The van der Waals surface area contributed by atoms with E-state index in [2.05, 4.69) is 27.1 Å². The van der Waals surface area contributed by atoms with Crippen molar-refractivity contribution in [1.29, 1.82) is 0 Å². The van der Waals surface area contributed by atoms with Crippen molar-refractivity contribution in [3.63, 3.8) is 0 Å². The van der Waals surface area contributed by atoms with Crippen molar-refractivity contribution < 1.29 is 4.79 Å². The van der Waals surface area contributed by atoms with Gasteiger partial charge in [0.1, 0.15) is 5.01 Å². The van der Waals surface area contributed by atoms with Gasteiger partial charge >= 0.3 is 0 Å². The van der Waals surface area contributed by atoms with Gasteiger partial charge in [-0.2, -0.15) is 11.3 Å². The number of aromatic nitrogens is 1. The molecule has 0 saturated carbocycles. The third kappa shape index (κ3) is 3.70. The van der Waals surface area contributed by atoms with Crippen LogP contribution in [0.2, 0.25) is 0 Å². The van der Waals surface area contributed by atoms with Gasteiger partial charge in [-0.25, -0.2) is 4.98 Å². The Bertz CT molecular complexity index is 594. The molecule has 0 N–H and O–H groups in total. The normalized spacial score (nSPS) is 16.9. The van der Waals surface area contributed by atoms with E-state index in [1.54, 1.807) is 29.6 Å². The predicted molar refractivity (Wildman–Crippen MR) is 87.6 cm³/mol. The van der Waals surface area contributed by atoms with Crippen LogP contribution in [-0.4, -0.2) is 46.9 Å². The first-order chi connectivity index (χ1) is 10.2. The van der Waals surface area contributed by atoms with E-state index in [9.17, 15) is 4.79 Å². The topological polar surface area (TPSA) is 36.4 Å². The summed E-state index contributed by atoms with van der Waals surface area (Å²) in [6.07, 6.45) is 1.04. The minimum absolute atomic E-state index is 0.185. The van der Waals surface area contributed by atoms with Crippen molar-refractivity contribution in [2.45, 2.75) is 19.9 Å². The molecule has 0 aromatic carbocycles.